The second-order valence-corrected chi connectivity index (χ2v) is 6.48. The van der Waals surface area contributed by atoms with Gasteiger partial charge in [0.1, 0.15) is 6.54 Å². The molecule has 0 bridgehead atoms. The van der Waals surface area contributed by atoms with Gasteiger partial charge < -0.3 is 20.0 Å². The van der Waals surface area contributed by atoms with Crippen LogP contribution in [-0.4, -0.2) is 85.3 Å². The molecule has 2 fully saturated rings. The molecule has 0 aromatic carbocycles. The van der Waals surface area contributed by atoms with Gasteiger partial charge in [-0.15, -0.1) is 0 Å². The predicted octanol–water partition coefficient (Wildman–Crippen LogP) is -0.0971. The Balaban J connectivity index is 2.00. The maximum absolute atomic E-state index is 12.3. The lowest BCUT2D eigenvalue weighted by atomic mass is 10.3. The third-order valence-corrected chi connectivity index (χ3v) is 3.96. The van der Waals surface area contributed by atoms with Crippen molar-refractivity contribution in [3.63, 3.8) is 0 Å². The number of hydrogen-bond donors (Lipinski definition) is 1. The molecule has 0 aromatic heterocycles. The van der Waals surface area contributed by atoms with Crippen molar-refractivity contribution in [2.45, 2.75) is 25.8 Å². The molecule has 0 aromatic rings. The number of piperazine rings is 1. The highest BCUT2D eigenvalue weighted by Gasteiger charge is 2.36. The normalized spacial score (nSPS) is 18.9. The van der Waals surface area contributed by atoms with Crippen molar-refractivity contribution < 1.29 is 9.59 Å². The Morgan fingerprint density at radius 3 is 2.61 bits per heavy atom. The molecule has 2 amide bonds. The number of carbonyl (C=O) groups is 2. The van der Waals surface area contributed by atoms with Gasteiger partial charge in [0.25, 0.3) is 0 Å². The van der Waals surface area contributed by atoms with Crippen LogP contribution in [-0.2, 0) is 9.59 Å². The second kappa shape index (κ2) is 7.48. The molecule has 7 heteroatoms. The van der Waals surface area contributed by atoms with Gasteiger partial charge in [0.2, 0.25) is 11.8 Å². The lowest BCUT2D eigenvalue weighted by molar-refractivity contribution is -0.135. The van der Waals surface area contributed by atoms with E-state index in [1.165, 1.54) is 4.90 Å². The van der Waals surface area contributed by atoms with Gasteiger partial charge in [-0.25, -0.2) is 4.99 Å². The molecule has 1 saturated carbocycles. The van der Waals surface area contributed by atoms with Crippen molar-refractivity contribution >= 4 is 17.8 Å². The second-order valence-electron chi connectivity index (χ2n) is 6.48. The maximum Gasteiger partial charge on any atom is 0.243 e. The van der Waals surface area contributed by atoms with Crippen molar-refractivity contribution in [3.8, 4) is 0 Å². The molecular weight excluding hydrogens is 294 g/mol. The minimum atomic E-state index is -0.0671. The molecule has 2 rings (SSSR count). The third-order valence-electron chi connectivity index (χ3n) is 3.96. The van der Waals surface area contributed by atoms with Gasteiger partial charge in [0, 0.05) is 39.8 Å². The van der Waals surface area contributed by atoms with Crippen LogP contribution in [0.4, 0.5) is 0 Å². The number of nitrogens with one attached hydrogen (secondary N) is 1. The lowest BCUT2D eigenvalue weighted by Crippen LogP contribution is -2.56. The molecular formula is C16H27N5O2. The molecule has 1 heterocycles. The highest BCUT2D eigenvalue weighted by atomic mass is 16.2. The van der Waals surface area contributed by atoms with Gasteiger partial charge in [0.15, 0.2) is 5.96 Å². The van der Waals surface area contributed by atoms with Crippen LogP contribution in [0.25, 0.3) is 0 Å². The van der Waals surface area contributed by atoms with Crippen LogP contribution in [0.5, 0.6) is 0 Å². The summed E-state index contributed by atoms with van der Waals surface area (Å²) in [5.74, 6) is 0.678. The third kappa shape index (κ3) is 4.97. The average molecular weight is 321 g/mol. The van der Waals surface area contributed by atoms with E-state index >= 15 is 0 Å². The first-order chi connectivity index (χ1) is 10.9. The molecule has 1 N–H and O–H groups in total. The summed E-state index contributed by atoms with van der Waals surface area (Å²) in [4.78, 5) is 33.8. The summed E-state index contributed by atoms with van der Waals surface area (Å²) in [6, 6.07) is 0.448. The van der Waals surface area contributed by atoms with Crippen molar-refractivity contribution in [1.29, 1.82) is 0 Å². The van der Waals surface area contributed by atoms with Gasteiger partial charge >= 0.3 is 0 Å². The minimum absolute atomic E-state index is 0.0671. The van der Waals surface area contributed by atoms with Crippen LogP contribution in [0.3, 0.4) is 0 Å². The van der Waals surface area contributed by atoms with Gasteiger partial charge in [-0.2, -0.15) is 0 Å². The van der Waals surface area contributed by atoms with Crippen molar-refractivity contribution in [3.05, 3.63) is 12.2 Å². The molecule has 0 radical (unpaired) electrons. The van der Waals surface area contributed by atoms with E-state index < -0.39 is 0 Å². The van der Waals surface area contributed by atoms with E-state index in [-0.39, 0.29) is 18.4 Å². The molecule has 0 unspecified atom stereocenters. The standard InChI is InChI=1S/C16H27N5O2/c1-12(2)9-17-16(18-10-14(22)19(3)4)20-7-8-21(13-5-6-13)15(23)11-20/h13H,1,5-11H2,2-4H3,(H,17,18). The molecule has 1 aliphatic carbocycles. The summed E-state index contributed by atoms with van der Waals surface area (Å²) in [5.41, 5.74) is 0.972. The number of amides is 2. The zero-order chi connectivity index (χ0) is 17.0. The Hall–Kier alpha value is -2.05. The van der Waals surface area contributed by atoms with Gasteiger partial charge in [0.05, 0.1) is 6.54 Å². The van der Waals surface area contributed by atoms with Crippen LogP contribution < -0.4 is 5.32 Å². The van der Waals surface area contributed by atoms with E-state index in [0.29, 0.717) is 25.1 Å². The smallest absolute Gasteiger partial charge is 0.243 e. The lowest BCUT2D eigenvalue weighted by Gasteiger charge is -2.36. The summed E-state index contributed by atoms with van der Waals surface area (Å²) < 4.78 is 0. The zero-order valence-electron chi connectivity index (χ0n) is 14.3. The fraction of sp³-hybridized carbons (Fsp3) is 0.688. The van der Waals surface area contributed by atoms with E-state index in [4.69, 9.17) is 0 Å². The first-order valence-electron chi connectivity index (χ1n) is 8.05. The van der Waals surface area contributed by atoms with E-state index in [1.807, 2.05) is 16.7 Å². The number of rotatable bonds is 5. The molecule has 7 nitrogen and oxygen atoms in total. The summed E-state index contributed by atoms with van der Waals surface area (Å²) in [5, 5.41) is 3.20. The van der Waals surface area contributed by atoms with Crippen LogP contribution in [0.1, 0.15) is 19.8 Å². The monoisotopic (exact) mass is 321 g/mol. The predicted molar refractivity (Wildman–Crippen MR) is 90.1 cm³/mol. The fourth-order valence-corrected chi connectivity index (χ4v) is 2.42. The molecule has 1 aliphatic heterocycles. The number of hydrogen-bond acceptors (Lipinski definition) is 3. The minimum Gasteiger partial charge on any atom is -0.352 e. The number of nitrogens with zero attached hydrogens (tertiary/aromatic N) is 4. The number of aliphatic imine (C=N–C) groups is 1. The van der Waals surface area contributed by atoms with Crippen molar-refractivity contribution in [2.24, 2.45) is 4.99 Å². The van der Waals surface area contributed by atoms with E-state index in [2.05, 4.69) is 16.9 Å². The summed E-state index contributed by atoms with van der Waals surface area (Å²) >= 11 is 0. The SMILES string of the molecule is C=C(C)CNC(=NCC(=O)N(C)C)N1CCN(C2CC2)C(=O)C1. The number of carbonyl (C=O) groups excluding carboxylic acids is 2. The van der Waals surface area contributed by atoms with E-state index in [1.54, 1.807) is 14.1 Å². The Labute approximate surface area is 138 Å². The first-order valence-corrected chi connectivity index (χ1v) is 8.05. The van der Waals surface area contributed by atoms with Gasteiger partial charge in [-0.05, 0) is 19.8 Å². The zero-order valence-corrected chi connectivity index (χ0v) is 14.3. The number of guanidine groups is 1. The fourth-order valence-electron chi connectivity index (χ4n) is 2.42. The van der Waals surface area contributed by atoms with Crippen molar-refractivity contribution in [1.82, 2.24) is 20.0 Å². The average Bonchev–Trinajstić information content (AvgIpc) is 3.31. The van der Waals surface area contributed by atoms with Crippen LogP contribution in [0.2, 0.25) is 0 Å². The molecule has 23 heavy (non-hydrogen) atoms. The Morgan fingerprint density at radius 1 is 1.39 bits per heavy atom. The highest BCUT2D eigenvalue weighted by Crippen LogP contribution is 2.27. The number of likely N-dealkylation sites (N-methyl/N-ethyl adjacent to an activating group) is 1. The molecule has 0 spiro atoms. The van der Waals surface area contributed by atoms with Crippen LogP contribution >= 0.6 is 0 Å². The molecule has 2 aliphatic rings. The Bertz CT molecular complexity index is 511. The molecule has 0 atom stereocenters. The molecule has 1 saturated heterocycles. The summed E-state index contributed by atoms with van der Waals surface area (Å²) in [6.07, 6.45) is 2.25. The first kappa shape index (κ1) is 17.3. The van der Waals surface area contributed by atoms with Gasteiger partial charge in [-0.1, -0.05) is 12.2 Å². The Morgan fingerprint density at radius 2 is 2.09 bits per heavy atom. The highest BCUT2D eigenvalue weighted by molar-refractivity contribution is 5.89. The maximum atomic E-state index is 12.3. The van der Waals surface area contributed by atoms with Crippen LogP contribution in [0.15, 0.2) is 17.1 Å². The quantitative estimate of drug-likeness (QED) is 0.436. The summed E-state index contributed by atoms with van der Waals surface area (Å²) in [6.45, 7) is 8.21. The topological polar surface area (TPSA) is 68.2 Å². The largest absolute Gasteiger partial charge is 0.352 e. The molecule has 128 valence electrons. The van der Waals surface area contributed by atoms with E-state index in [0.717, 1.165) is 31.5 Å². The van der Waals surface area contributed by atoms with Gasteiger partial charge in [-0.3, -0.25) is 9.59 Å². The van der Waals surface area contributed by atoms with Crippen molar-refractivity contribution in [2.75, 3.05) is 46.8 Å². The Kier molecular flexibility index (Phi) is 5.63. The van der Waals surface area contributed by atoms with E-state index in [9.17, 15) is 9.59 Å². The van der Waals surface area contributed by atoms with Crippen LogP contribution in [0, 0.1) is 0 Å². The summed E-state index contributed by atoms with van der Waals surface area (Å²) in [7, 11) is 3.41.